The van der Waals surface area contributed by atoms with Crippen molar-refractivity contribution in [1.82, 2.24) is 5.32 Å². The van der Waals surface area contributed by atoms with E-state index in [9.17, 15) is 13.2 Å². The summed E-state index contributed by atoms with van der Waals surface area (Å²) in [7, 11) is -2.33. The Bertz CT molecular complexity index is 1290. The van der Waals surface area contributed by atoms with Crippen LogP contribution in [-0.4, -0.2) is 40.7 Å². The van der Waals surface area contributed by atoms with E-state index in [1.807, 2.05) is 31.2 Å². The van der Waals surface area contributed by atoms with Gasteiger partial charge in [0.15, 0.2) is 11.5 Å². The van der Waals surface area contributed by atoms with Gasteiger partial charge in [-0.3, -0.25) is 9.52 Å². The first-order chi connectivity index (χ1) is 16.9. The highest BCUT2D eigenvalue weighted by Crippen LogP contribution is 2.33. The van der Waals surface area contributed by atoms with Gasteiger partial charge in [0.05, 0.1) is 23.3 Å². The van der Waals surface area contributed by atoms with Crippen LogP contribution in [0.3, 0.4) is 0 Å². The molecule has 1 aliphatic rings. The highest BCUT2D eigenvalue weighted by Gasteiger charge is 2.22. The maximum Gasteiger partial charge on any atom is 0.262 e. The summed E-state index contributed by atoms with van der Waals surface area (Å²) in [5.74, 6) is 1.31. The first kappa shape index (κ1) is 24.4. The number of carbonyl (C=O) groups excluding carboxylic acids is 1. The Labute approximate surface area is 205 Å². The summed E-state index contributed by atoms with van der Waals surface area (Å²) >= 11 is 0. The molecule has 0 fully saturated rings. The van der Waals surface area contributed by atoms with Crippen LogP contribution < -0.4 is 24.2 Å². The Morgan fingerprint density at radius 1 is 1.00 bits per heavy atom. The van der Waals surface area contributed by atoms with Gasteiger partial charge in [0.1, 0.15) is 19.0 Å². The molecule has 1 unspecified atom stereocenters. The van der Waals surface area contributed by atoms with E-state index in [4.69, 9.17) is 14.2 Å². The van der Waals surface area contributed by atoms with Gasteiger partial charge in [-0.05, 0) is 61.7 Å². The first-order valence-corrected chi connectivity index (χ1v) is 12.8. The van der Waals surface area contributed by atoms with Crippen LogP contribution in [0.25, 0.3) is 0 Å². The monoisotopic (exact) mass is 496 g/mol. The summed E-state index contributed by atoms with van der Waals surface area (Å²) in [5, 5.41) is 2.96. The lowest BCUT2D eigenvalue weighted by molar-refractivity contribution is 0.0939. The number of methoxy groups -OCH3 is 1. The van der Waals surface area contributed by atoms with Crippen molar-refractivity contribution in [2.75, 3.05) is 25.0 Å². The van der Waals surface area contributed by atoms with E-state index in [2.05, 4.69) is 10.0 Å². The number of para-hydroxylation sites is 1. The molecule has 35 heavy (non-hydrogen) atoms. The zero-order chi connectivity index (χ0) is 24.8. The molecule has 1 heterocycles. The molecule has 0 aromatic heterocycles. The van der Waals surface area contributed by atoms with Gasteiger partial charge in [-0.1, -0.05) is 24.3 Å². The number of anilines is 1. The second-order valence-corrected chi connectivity index (χ2v) is 9.90. The molecule has 1 aliphatic heterocycles. The quantitative estimate of drug-likeness (QED) is 0.464. The third kappa shape index (κ3) is 6.05. The summed E-state index contributed by atoms with van der Waals surface area (Å²) < 4.78 is 44.7. The number of carbonyl (C=O) groups is 1. The van der Waals surface area contributed by atoms with Crippen LogP contribution in [0.4, 0.5) is 5.69 Å². The maximum absolute atomic E-state index is 13.0. The normalized spacial score (nSPS) is 13.5. The van der Waals surface area contributed by atoms with Crippen LogP contribution in [-0.2, 0) is 16.4 Å². The summed E-state index contributed by atoms with van der Waals surface area (Å²) in [6.45, 7) is 2.69. The Balaban J connectivity index is 1.42. The highest BCUT2D eigenvalue weighted by atomic mass is 32.2. The van der Waals surface area contributed by atoms with Crippen LogP contribution in [0.2, 0.25) is 0 Å². The molecule has 0 saturated heterocycles. The molecule has 184 valence electrons. The molecule has 8 nitrogen and oxygen atoms in total. The number of benzene rings is 3. The van der Waals surface area contributed by atoms with Gasteiger partial charge in [0, 0.05) is 12.1 Å². The van der Waals surface area contributed by atoms with Gasteiger partial charge < -0.3 is 19.5 Å². The fraction of sp³-hybridized carbons (Fsp3) is 0.269. The molecule has 0 aliphatic carbocycles. The fourth-order valence-electron chi connectivity index (χ4n) is 3.71. The van der Waals surface area contributed by atoms with Crippen molar-refractivity contribution in [2.24, 2.45) is 0 Å². The fourth-order valence-corrected chi connectivity index (χ4v) is 4.81. The highest BCUT2D eigenvalue weighted by molar-refractivity contribution is 7.92. The van der Waals surface area contributed by atoms with Gasteiger partial charge in [-0.25, -0.2) is 8.42 Å². The number of nitrogens with one attached hydrogen (secondary N) is 2. The SMILES string of the molecule is COc1ccc(CCC(C)NC(=O)c2ccccc2NS(=O)(=O)c2ccc3c(c2)OCCO3)cc1. The van der Waals surface area contributed by atoms with Crippen molar-refractivity contribution in [2.45, 2.75) is 30.7 Å². The van der Waals surface area contributed by atoms with Crippen LogP contribution >= 0.6 is 0 Å². The van der Waals surface area contributed by atoms with E-state index in [1.165, 1.54) is 12.1 Å². The topological polar surface area (TPSA) is 103 Å². The molecule has 3 aromatic rings. The molecule has 9 heteroatoms. The Kier molecular flexibility index (Phi) is 7.45. The molecule has 0 spiro atoms. The summed E-state index contributed by atoms with van der Waals surface area (Å²) in [6.07, 6.45) is 1.51. The molecular weight excluding hydrogens is 468 g/mol. The van der Waals surface area contributed by atoms with Crippen molar-refractivity contribution < 1.29 is 27.4 Å². The van der Waals surface area contributed by atoms with Crippen LogP contribution in [0, 0.1) is 0 Å². The van der Waals surface area contributed by atoms with Gasteiger partial charge >= 0.3 is 0 Å². The van der Waals surface area contributed by atoms with Gasteiger partial charge in [0.25, 0.3) is 15.9 Å². The van der Waals surface area contributed by atoms with Crippen molar-refractivity contribution in [3.05, 3.63) is 77.9 Å². The number of aryl methyl sites for hydroxylation is 1. The average molecular weight is 497 g/mol. The van der Waals surface area contributed by atoms with Gasteiger partial charge in [-0.2, -0.15) is 0 Å². The molecule has 0 bridgehead atoms. The second kappa shape index (κ2) is 10.7. The number of hydrogen-bond donors (Lipinski definition) is 2. The predicted molar refractivity (Wildman–Crippen MR) is 133 cm³/mol. The molecule has 1 amide bonds. The molecule has 0 radical (unpaired) electrons. The second-order valence-electron chi connectivity index (χ2n) is 8.22. The minimum atomic E-state index is -3.96. The van der Waals surface area contributed by atoms with E-state index < -0.39 is 10.0 Å². The van der Waals surface area contributed by atoms with E-state index in [1.54, 1.807) is 37.4 Å². The average Bonchev–Trinajstić information content (AvgIpc) is 2.87. The van der Waals surface area contributed by atoms with E-state index >= 15 is 0 Å². The number of fused-ring (bicyclic) bond motifs is 1. The largest absolute Gasteiger partial charge is 0.497 e. The molecule has 0 saturated carbocycles. The molecule has 3 aromatic carbocycles. The first-order valence-electron chi connectivity index (χ1n) is 11.3. The molecule has 1 atom stereocenters. The minimum absolute atomic E-state index is 0.0184. The molecular formula is C26H28N2O6S. The minimum Gasteiger partial charge on any atom is -0.497 e. The Hall–Kier alpha value is -3.72. The van der Waals surface area contributed by atoms with Crippen LogP contribution in [0.5, 0.6) is 17.2 Å². The Morgan fingerprint density at radius 2 is 1.71 bits per heavy atom. The lowest BCUT2D eigenvalue weighted by Gasteiger charge is -2.19. The molecule has 2 N–H and O–H groups in total. The Morgan fingerprint density at radius 3 is 2.46 bits per heavy atom. The van der Waals surface area contributed by atoms with E-state index in [-0.39, 0.29) is 28.1 Å². The maximum atomic E-state index is 13.0. The lowest BCUT2D eigenvalue weighted by atomic mass is 10.1. The van der Waals surface area contributed by atoms with Crippen LogP contribution in [0.1, 0.15) is 29.3 Å². The summed E-state index contributed by atoms with van der Waals surface area (Å²) in [4.78, 5) is 13.0. The molecule has 4 rings (SSSR count). The summed E-state index contributed by atoms with van der Waals surface area (Å²) in [6, 6.07) is 18.6. The lowest BCUT2D eigenvalue weighted by Crippen LogP contribution is -2.33. The number of amides is 1. The zero-order valence-corrected chi connectivity index (χ0v) is 20.4. The number of sulfonamides is 1. The third-order valence-electron chi connectivity index (χ3n) is 5.64. The van der Waals surface area contributed by atoms with Crippen molar-refractivity contribution in [3.8, 4) is 17.2 Å². The van der Waals surface area contributed by atoms with E-state index in [0.29, 0.717) is 24.7 Å². The summed E-state index contributed by atoms with van der Waals surface area (Å²) in [5.41, 5.74) is 1.58. The standard InChI is InChI=1S/C26H28N2O6S/c1-18(7-8-19-9-11-20(32-2)12-10-19)27-26(29)22-5-3-4-6-23(22)28-35(30,31)21-13-14-24-25(17-21)34-16-15-33-24/h3-6,9-14,17-18,28H,7-8,15-16H2,1-2H3,(H,27,29). The van der Waals surface area contributed by atoms with Crippen LogP contribution in [0.15, 0.2) is 71.6 Å². The van der Waals surface area contributed by atoms with Gasteiger partial charge in [-0.15, -0.1) is 0 Å². The number of rotatable bonds is 9. The smallest absolute Gasteiger partial charge is 0.262 e. The van der Waals surface area contributed by atoms with Crippen molar-refractivity contribution >= 4 is 21.6 Å². The van der Waals surface area contributed by atoms with E-state index in [0.717, 1.165) is 24.2 Å². The van der Waals surface area contributed by atoms with Gasteiger partial charge in [0.2, 0.25) is 0 Å². The van der Waals surface area contributed by atoms with Crippen molar-refractivity contribution in [3.63, 3.8) is 0 Å². The zero-order valence-electron chi connectivity index (χ0n) is 19.6. The number of ether oxygens (including phenoxy) is 3. The van der Waals surface area contributed by atoms with Crippen molar-refractivity contribution in [1.29, 1.82) is 0 Å². The number of hydrogen-bond acceptors (Lipinski definition) is 6. The third-order valence-corrected chi connectivity index (χ3v) is 7.01. The predicted octanol–water partition coefficient (Wildman–Crippen LogP) is 4.02.